The summed E-state index contributed by atoms with van der Waals surface area (Å²) in [5.74, 6) is -0.588. The fourth-order valence-corrected chi connectivity index (χ4v) is 7.29. The highest BCUT2D eigenvalue weighted by Crippen LogP contribution is 2.44. The Morgan fingerprint density at radius 3 is 2.39 bits per heavy atom. The number of aliphatic hydroxyl groups is 1. The largest absolute Gasteiger partial charge is 0.507 e. The molecule has 1 saturated heterocycles. The molecule has 1 N–H and O–H groups in total. The molecule has 1 aliphatic rings. The monoisotopic (exact) mass is 642 g/mol. The molecule has 1 amide bonds. The number of ketones is 1. The molecule has 7 rings (SSSR count). The van der Waals surface area contributed by atoms with Crippen LogP contribution in [0.3, 0.4) is 0 Å². The van der Waals surface area contributed by atoms with Crippen molar-refractivity contribution in [1.29, 1.82) is 0 Å². The highest BCUT2D eigenvalue weighted by Gasteiger charge is 2.48. The number of hydrogen-bond acceptors (Lipinski definition) is 9. The Bertz CT molecular complexity index is 2060. The van der Waals surface area contributed by atoms with Gasteiger partial charge in [0.05, 0.1) is 11.6 Å². The van der Waals surface area contributed by atoms with Crippen molar-refractivity contribution >= 4 is 56.5 Å². The van der Waals surface area contributed by atoms with Crippen LogP contribution in [0.4, 0.5) is 5.13 Å². The third-order valence-corrected chi connectivity index (χ3v) is 9.78. The average molecular weight is 643 g/mol. The van der Waals surface area contributed by atoms with Crippen LogP contribution in [0.1, 0.15) is 28.3 Å². The zero-order valence-electron chi connectivity index (χ0n) is 24.3. The van der Waals surface area contributed by atoms with Gasteiger partial charge in [-0.15, -0.1) is 10.2 Å². The summed E-state index contributed by atoms with van der Waals surface area (Å²) in [6.07, 6.45) is 3.03. The molecule has 1 aliphatic heterocycles. The minimum atomic E-state index is -0.930. The zero-order valence-corrected chi connectivity index (χ0v) is 25.9. The Balaban J connectivity index is 1.20. The minimum absolute atomic E-state index is 0.0330. The number of anilines is 1. The van der Waals surface area contributed by atoms with Crippen LogP contribution in [0, 0.1) is 0 Å². The fraction of sp³-hybridized carbons (Fsp3) is 0.0833. The fourth-order valence-electron chi connectivity index (χ4n) is 5.41. The number of nitrogens with zero attached hydrogens (tertiary/aromatic N) is 4. The number of hydrogen-bond donors (Lipinski definition) is 1. The molecule has 1 fully saturated rings. The second-order valence-electron chi connectivity index (χ2n) is 10.5. The van der Waals surface area contributed by atoms with Crippen molar-refractivity contribution in [2.75, 3.05) is 4.90 Å². The van der Waals surface area contributed by atoms with E-state index in [1.807, 2.05) is 48.5 Å². The molecule has 1 atom stereocenters. The molecule has 4 aromatic carbocycles. The molecule has 0 bridgehead atoms. The first-order valence-corrected chi connectivity index (χ1v) is 16.3. The van der Waals surface area contributed by atoms with Crippen molar-refractivity contribution < 1.29 is 19.4 Å². The maximum Gasteiger partial charge on any atom is 0.301 e. The van der Waals surface area contributed by atoms with Crippen molar-refractivity contribution in [1.82, 2.24) is 15.2 Å². The normalized spacial score (nSPS) is 15.8. The van der Waals surface area contributed by atoms with Crippen LogP contribution >= 0.6 is 23.1 Å². The van der Waals surface area contributed by atoms with Gasteiger partial charge in [0, 0.05) is 23.7 Å². The van der Waals surface area contributed by atoms with Crippen LogP contribution in [-0.4, -0.2) is 32.0 Å². The molecule has 0 aliphatic carbocycles. The topological polar surface area (TPSA) is 106 Å². The number of fused-ring (bicyclic) bond motifs is 1. The van der Waals surface area contributed by atoms with Gasteiger partial charge in [-0.25, -0.2) is 0 Å². The number of amides is 1. The number of carbonyl (C=O) groups is 2. The number of aromatic nitrogens is 3. The number of Topliss-reactive ketones (excluding diaryl/α,β-unsaturated/α-hetero) is 1. The predicted molar refractivity (Wildman–Crippen MR) is 180 cm³/mol. The highest BCUT2D eigenvalue weighted by atomic mass is 32.2. The summed E-state index contributed by atoms with van der Waals surface area (Å²) in [7, 11) is 0. The second-order valence-corrected chi connectivity index (χ2v) is 12.7. The summed E-state index contributed by atoms with van der Waals surface area (Å²) in [4.78, 5) is 32.5. The molecule has 2 aromatic heterocycles. The highest BCUT2D eigenvalue weighted by molar-refractivity contribution is 8.00. The van der Waals surface area contributed by atoms with E-state index in [0.29, 0.717) is 33.6 Å². The quantitative estimate of drug-likeness (QED) is 0.0566. The van der Waals surface area contributed by atoms with Gasteiger partial charge in [0.15, 0.2) is 4.34 Å². The maximum atomic E-state index is 13.6. The average Bonchev–Trinajstić information content (AvgIpc) is 3.68. The molecular weight excluding hydrogens is 617 g/mol. The van der Waals surface area contributed by atoms with Crippen molar-refractivity contribution in [3.63, 3.8) is 0 Å². The summed E-state index contributed by atoms with van der Waals surface area (Å²) < 4.78 is 6.62. The molecule has 3 heterocycles. The first-order valence-electron chi connectivity index (χ1n) is 14.5. The van der Waals surface area contributed by atoms with Gasteiger partial charge in [-0.3, -0.25) is 19.5 Å². The van der Waals surface area contributed by atoms with Crippen molar-refractivity contribution in [2.45, 2.75) is 22.7 Å². The minimum Gasteiger partial charge on any atom is -0.507 e. The van der Waals surface area contributed by atoms with Crippen LogP contribution in [0.25, 0.3) is 16.5 Å². The summed E-state index contributed by atoms with van der Waals surface area (Å²) in [5.41, 5.74) is 3.15. The van der Waals surface area contributed by atoms with Gasteiger partial charge in [0.2, 0.25) is 5.13 Å². The third-order valence-electron chi connectivity index (χ3n) is 7.68. The van der Waals surface area contributed by atoms with E-state index in [1.54, 1.807) is 36.4 Å². The zero-order chi connectivity index (χ0) is 31.5. The molecule has 0 spiro atoms. The summed E-state index contributed by atoms with van der Waals surface area (Å²) in [6, 6.07) is 33.6. The lowest BCUT2D eigenvalue weighted by molar-refractivity contribution is -0.132. The molecule has 1 unspecified atom stereocenters. The van der Waals surface area contributed by atoms with E-state index in [9.17, 15) is 14.7 Å². The number of rotatable bonds is 9. The first-order chi connectivity index (χ1) is 22.6. The SMILES string of the molecule is O=C1C(=O)N(c2nnc(SCc3cccc4ccccc34)s2)C(c2ccc(OCc3ccccc3)cc2)C1=C(O)c1ccncc1. The van der Waals surface area contributed by atoms with Gasteiger partial charge < -0.3 is 9.84 Å². The van der Waals surface area contributed by atoms with E-state index in [0.717, 1.165) is 16.5 Å². The van der Waals surface area contributed by atoms with Gasteiger partial charge >= 0.3 is 5.91 Å². The molecule has 0 radical (unpaired) electrons. The predicted octanol–water partition coefficient (Wildman–Crippen LogP) is 7.58. The maximum absolute atomic E-state index is 13.6. The van der Waals surface area contributed by atoms with Crippen molar-refractivity contribution in [3.05, 3.63) is 149 Å². The molecular formula is C36H26N4O4S2. The van der Waals surface area contributed by atoms with E-state index >= 15 is 0 Å². The van der Waals surface area contributed by atoms with Crippen molar-refractivity contribution in [3.8, 4) is 5.75 Å². The van der Waals surface area contributed by atoms with Gasteiger partial charge in [-0.05, 0) is 51.7 Å². The lowest BCUT2D eigenvalue weighted by Crippen LogP contribution is -2.29. The van der Waals surface area contributed by atoms with Crippen LogP contribution in [0.2, 0.25) is 0 Å². The van der Waals surface area contributed by atoms with E-state index in [1.165, 1.54) is 45.8 Å². The van der Waals surface area contributed by atoms with Crippen LogP contribution < -0.4 is 9.64 Å². The van der Waals surface area contributed by atoms with Crippen LogP contribution in [-0.2, 0) is 21.9 Å². The Kier molecular flexibility index (Phi) is 8.28. The third kappa shape index (κ3) is 5.88. The van der Waals surface area contributed by atoms with Crippen molar-refractivity contribution in [2.24, 2.45) is 0 Å². The van der Waals surface area contributed by atoms with Gasteiger partial charge in [-0.1, -0.05) is 108 Å². The van der Waals surface area contributed by atoms with Gasteiger partial charge in [-0.2, -0.15) is 0 Å². The van der Waals surface area contributed by atoms with Gasteiger partial charge in [0.25, 0.3) is 5.78 Å². The molecule has 10 heteroatoms. The summed E-state index contributed by atoms with van der Waals surface area (Å²) >= 11 is 2.75. The molecule has 6 aromatic rings. The number of carbonyl (C=O) groups excluding carboxylic acids is 2. The molecule has 46 heavy (non-hydrogen) atoms. The number of thioether (sulfide) groups is 1. The summed E-state index contributed by atoms with van der Waals surface area (Å²) in [5, 5.41) is 22.7. The summed E-state index contributed by atoms with van der Waals surface area (Å²) in [6.45, 7) is 0.394. The lowest BCUT2D eigenvalue weighted by Gasteiger charge is -2.22. The molecule has 8 nitrogen and oxygen atoms in total. The first kappa shape index (κ1) is 29.4. The Morgan fingerprint density at radius 1 is 0.848 bits per heavy atom. The van der Waals surface area contributed by atoms with Crippen LogP contribution in [0.5, 0.6) is 5.75 Å². The number of ether oxygens (including phenoxy) is 1. The lowest BCUT2D eigenvalue weighted by atomic mass is 9.95. The number of benzene rings is 4. The van der Waals surface area contributed by atoms with E-state index in [4.69, 9.17) is 4.74 Å². The molecule has 226 valence electrons. The van der Waals surface area contributed by atoms with E-state index in [-0.39, 0.29) is 16.5 Å². The molecule has 0 saturated carbocycles. The van der Waals surface area contributed by atoms with Crippen LogP contribution in [0.15, 0.2) is 132 Å². The Labute approximate surface area is 273 Å². The number of pyridine rings is 1. The van der Waals surface area contributed by atoms with Gasteiger partial charge in [0.1, 0.15) is 18.1 Å². The Morgan fingerprint density at radius 2 is 1.59 bits per heavy atom. The number of aliphatic hydroxyl groups excluding tert-OH is 1. The Hall–Kier alpha value is -5.32. The standard InChI is InChI=1S/C36H26N4O4S2/c41-32(26-17-19-37-20-18-26)30-31(25-13-15-28(16-14-25)44-21-23-7-2-1-3-8-23)40(34(43)33(30)42)35-38-39-36(46-35)45-22-27-11-6-10-24-9-4-5-12-29(24)27/h1-20,31,41H,21-22H2. The second kappa shape index (κ2) is 13.0. The van der Waals surface area contributed by atoms with E-state index in [2.05, 4.69) is 39.4 Å². The smallest absolute Gasteiger partial charge is 0.301 e. The van der Waals surface area contributed by atoms with E-state index < -0.39 is 17.7 Å².